The molecule has 1 aromatic carbocycles. The Morgan fingerprint density at radius 3 is 2.42 bits per heavy atom. The van der Waals surface area contributed by atoms with Gasteiger partial charge in [-0.2, -0.15) is 0 Å². The number of hydrogen-bond donors (Lipinski definition) is 0. The Morgan fingerprint density at radius 1 is 1.32 bits per heavy atom. The molecule has 0 spiro atoms. The van der Waals surface area contributed by atoms with E-state index in [1.165, 1.54) is 5.56 Å². The van der Waals surface area contributed by atoms with Crippen LogP contribution in [0.4, 0.5) is 0 Å². The molecule has 19 heavy (non-hydrogen) atoms. The number of carbonyl (C=O) groups is 1. The third kappa shape index (κ3) is 3.98. The van der Waals surface area contributed by atoms with E-state index in [9.17, 15) is 4.79 Å². The SMILES string of the molecule is COc1ccc(CN(C(=O)CC(C)C)C2CC2)cc1. The summed E-state index contributed by atoms with van der Waals surface area (Å²) in [7, 11) is 1.66. The van der Waals surface area contributed by atoms with Gasteiger partial charge in [0, 0.05) is 19.0 Å². The predicted octanol–water partition coefficient (Wildman–Crippen LogP) is 3.23. The summed E-state index contributed by atoms with van der Waals surface area (Å²) < 4.78 is 5.15. The fourth-order valence-electron chi connectivity index (χ4n) is 2.20. The second-order valence-electron chi connectivity index (χ2n) is 5.70. The minimum absolute atomic E-state index is 0.285. The van der Waals surface area contributed by atoms with Gasteiger partial charge in [0.2, 0.25) is 5.91 Å². The molecule has 1 fully saturated rings. The third-order valence-corrected chi connectivity index (χ3v) is 3.40. The molecule has 0 aromatic heterocycles. The lowest BCUT2D eigenvalue weighted by Crippen LogP contribution is -2.33. The van der Waals surface area contributed by atoms with Gasteiger partial charge < -0.3 is 9.64 Å². The van der Waals surface area contributed by atoms with Crippen molar-refractivity contribution in [1.82, 2.24) is 4.90 Å². The zero-order valence-electron chi connectivity index (χ0n) is 12.1. The van der Waals surface area contributed by atoms with E-state index in [1.54, 1.807) is 7.11 Å². The number of rotatable bonds is 6. The highest BCUT2D eigenvalue weighted by Crippen LogP contribution is 2.29. The summed E-state index contributed by atoms with van der Waals surface area (Å²) in [6, 6.07) is 8.45. The minimum Gasteiger partial charge on any atom is -0.497 e. The molecular formula is C16H23NO2. The van der Waals surface area contributed by atoms with E-state index in [1.807, 2.05) is 29.2 Å². The lowest BCUT2D eigenvalue weighted by Gasteiger charge is -2.23. The molecule has 3 nitrogen and oxygen atoms in total. The number of ether oxygens (including phenoxy) is 1. The molecule has 3 heteroatoms. The summed E-state index contributed by atoms with van der Waals surface area (Å²) in [6.45, 7) is 4.91. The van der Waals surface area contributed by atoms with Crippen LogP contribution in [-0.4, -0.2) is 24.0 Å². The molecule has 1 aliphatic carbocycles. The zero-order valence-corrected chi connectivity index (χ0v) is 12.1. The van der Waals surface area contributed by atoms with Crippen molar-refractivity contribution in [2.24, 2.45) is 5.92 Å². The van der Waals surface area contributed by atoms with Gasteiger partial charge in [-0.15, -0.1) is 0 Å². The standard InChI is InChI=1S/C16H23NO2/c1-12(2)10-16(18)17(14-6-7-14)11-13-4-8-15(19-3)9-5-13/h4-5,8-9,12,14H,6-7,10-11H2,1-3H3. The van der Waals surface area contributed by atoms with Crippen LogP contribution in [0.1, 0.15) is 38.7 Å². The van der Waals surface area contributed by atoms with Gasteiger partial charge in [0.05, 0.1) is 7.11 Å². The Bertz CT molecular complexity index is 421. The van der Waals surface area contributed by atoms with Crippen molar-refractivity contribution in [2.45, 2.75) is 45.7 Å². The summed E-state index contributed by atoms with van der Waals surface area (Å²) in [5.41, 5.74) is 1.17. The van der Waals surface area contributed by atoms with Crippen LogP contribution in [0, 0.1) is 5.92 Å². The van der Waals surface area contributed by atoms with Crippen molar-refractivity contribution in [1.29, 1.82) is 0 Å². The molecule has 0 aliphatic heterocycles. The predicted molar refractivity (Wildman–Crippen MR) is 76.0 cm³/mol. The average Bonchev–Trinajstić information content (AvgIpc) is 3.20. The molecule has 0 radical (unpaired) electrons. The normalized spacial score (nSPS) is 14.5. The molecule has 0 bridgehead atoms. The maximum atomic E-state index is 12.3. The largest absolute Gasteiger partial charge is 0.497 e. The van der Waals surface area contributed by atoms with E-state index in [2.05, 4.69) is 13.8 Å². The minimum atomic E-state index is 0.285. The summed E-state index contributed by atoms with van der Waals surface area (Å²) >= 11 is 0. The van der Waals surface area contributed by atoms with Gasteiger partial charge in [0.1, 0.15) is 5.75 Å². The highest BCUT2D eigenvalue weighted by molar-refractivity contribution is 5.77. The van der Waals surface area contributed by atoms with Crippen molar-refractivity contribution < 1.29 is 9.53 Å². The fourth-order valence-corrected chi connectivity index (χ4v) is 2.20. The quantitative estimate of drug-likeness (QED) is 0.787. The van der Waals surface area contributed by atoms with Crippen LogP contribution in [0.25, 0.3) is 0 Å². The van der Waals surface area contributed by atoms with Crippen LogP contribution < -0.4 is 4.74 Å². The molecule has 0 N–H and O–H groups in total. The number of nitrogens with zero attached hydrogens (tertiary/aromatic N) is 1. The summed E-state index contributed by atoms with van der Waals surface area (Å²) in [6.07, 6.45) is 2.95. The lowest BCUT2D eigenvalue weighted by molar-refractivity contribution is -0.133. The number of hydrogen-bond acceptors (Lipinski definition) is 2. The molecule has 2 rings (SSSR count). The smallest absolute Gasteiger partial charge is 0.223 e. The van der Waals surface area contributed by atoms with Crippen LogP contribution in [0.15, 0.2) is 24.3 Å². The molecule has 1 aromatic rings. The van der Waals surface area contributed by atoms with Gasteiger partial charge >= 0.3 is 0 Å². The Balaban J connectivity index is 2.01. The topological polar surface area (TPSA) is 29.5 Å². The Labute approximate surface area is 115 Å². The van der Waals surface area contributed by atoms with Crippen molar-refractivity contribution in [3.05, 3.63) is 29.8 Å². The summed E-state index contributed by atoms with van der Waals surface area (Å²) in [4.78, 5) is 14.3. The van der Waals surface area contributed by atoms with E-state index in [4.69, 9.17) is 4.74 Å². The molecule has 1 amide bonds. The van der Waals surface area contributed by atoms with E-state index >= 15 is 0 Å². The Hall–Kier alpha value is -1.51. The number of amides is 1. The Morgan fingerprint density at radius 2 is 1.95 bits per heavy atom. The Kier molecular flexibility index (Phi) is 4.46. The number of carbonyl (C=O) groups excluding carboxylic acids is 1. The molecule has 0 unspecified atom stereocenters. The first kappa shape index (κ1) is 13.9. The molecule has 0 heterocycles. The summed E-state index contributed by atoms with van der Waals surface area (Å²) in [5.74, 6) is 1.56. The van der Waals surface area contributed by atoms with Crippen LogP contribution >= 0.6 is 0 Å². The average molecular weight is 261 g/mol. The first-order valence-corrected chi connectivity index (χ1v) is 7.02. The first-order valence-electron chi connectivity index (χ1n) is 7.02. The number of methoxy groups -OCH3 is 1. The molecule has 1 aliphatic rings. The highest BCUT2D eigenvalue weighted by Gasteiger charge is 2.32. The first-order chi connectivity index (χ1) is 9.10. The van der Waals surface area contributed by atoms with Crippen LogP contribution in [0.3, 0.4) is 0 Å². The van der Waals surface area contributed by atoms with Gasteiger partial charge in [-0.05, 0) is 36.5 Å². The van der Waals surface area contributed by atoms with Gasteiger partial charge in [-0.3, -0.25) is 4.79 Å². The highest BCUT2D eigenvalue weighted by atomic mass is 16.5. The number of benzene rings is 1. The van der Waals surface area contributed by atoms with Crippen LogP contribution in [0.5, 0.6) is 5.75 Å². The van der Waals surface area contributed by atoms with E-state index in [0.29, 0.717) is 18.4 Å². The second kappa shape index (κ2) is 6.09. The lowest BCUT2D eigenvalue weighted by atomic mass is 10.1. The fraction of sp³-hybridized carbons (Fsp3) is 0.562. The molecule has 1 saturated carbocycles. The maximum absolute atomic E-state index is 12.3. The van der Waals surface area contributed by atoms with Crippen molar-refractivity contribution in [3.8, 4) is 5.75 Å². The summed E-state index contributed by atoms with van der Waals surface area (Å²) in [5, 5.41) is 0. The molecule has 104 valence electrons. The maximum Gasteiger partial charge on any atom is 0.223 e. The van der Waals surface area contributed by atoms with E-state index in [0.717, 1.165) is 25.1 Å². The molecular weight excluding hydrogens is 238 g/mol. The van der Waals surface area contributed by atoms with Gasteiger partial charge in [0.25, 0.3) is 0 Å². The molecule has 0 saturated heterocycles. The zero-order chi connectivity index (χ0) is 13.8. The van der Waals surface area contributed by atoms with Crippen LogP contribution in [-0.2, 0) is 11.3 Å². The van der Waals surface area contributed by atoms with Gasteiger partial charge in [0.15, 0.2) is 0 Å². The van der Waals surface area contributed by atoms with Crippen LogP contribution in [0.2, 0.25) is 0 Å². The van der Waals surface area contributed by atoms with Gasteiger partial charge in [-0.1, -0.05) is 26.0 Å². The van der Waals surface area contributed by atoms with E-state index < -0.39 is 0 Å². The monoisotopic (exact) mass is 261 g/mol. The second-order valence-corrected chi connectivity index (χ2v) is 5.70. The van der Waals surface area contributed by atoms with Crippen molar-refractivity contribution >= 4 is 5.91 Å². The van der Waals surface area contributed by atoms with E-state index in [-0.39, 0.29) is 5.91 Å². The van der Waals surface area contributed by atoms with Gasteiger partial charge in [-0.25, -0.2) is 0 Å². The van der Waals surface area contributed by atoms with Crippen molar-refractivity contribution in [3.63, 3.8) is 0 Å². The van der Waals surface area contributed by atoms with Crippen molar-refractivity contribution in [2.75, 3.05) is 7.11 Å². The third-order valence-electron chi connectivity index (χ3n) is 3.40. The molecule has 0 atom stereocenters.